The second-order valence-electron chi connectivity index (χ2n) is 3.90. The predicted octanol–water partition coefficient (Wildman–Crippen LogP) is 2.22. The molecule has 0 saturated carbocycles. The minimum absolute atomic E-state index is 0.0833. The molecule has 0 radical (unpaired) electrons. The van der Waals surface area contributed by atoms with Crippen molar-refractivity contribution in [1.29, 1.82) is 0 Å². The lowest BCUT2D eigenvalue weighted by molar-refractivity contribution is 0.0713. The van der Waals surface area contributed by atoms with Crippen molar-refractivity contribution in [1.82, 2.24) is 0 Å². The standard InChI is InChI=1S/C12H19FOSi/c1-3-12(4-2,14-15)9-10-6-5-7-11(13)8-10/h5-8H,3-4,9H2,1-2,15H3. The largest absolute Gasteiger partial charge is 0.422 e. The highest BCUT2D eigenvalue weighted by atomic mass is 28.2. The number of hydrogen-bond donors (Lipinski definition) is 0. The van der Waals surface area contributed by atoms with Crippen LogP contribution in [0.25, 0.3) is 0 Å². The number of hydrogen-bond acceptors (Lipinski definition) is 1. The van der Waals surface area contributed by atoms with Crippen LogP contribution >= 0.6 is 0 Å². The SMILES string of the molecule is CCC(CC)(Cc1cccc(F)c1)O[SiH3]. The second-order valence-corrected chi connectivity index (χ2v) is 4.31. The molecule has 0 heterocycles. The fourth-order valence-corrected chi connectivity index (χ4v) is 2.60. The van der Waals surface area contributed by atoms with Gasteiger partial charge in [0.1, 0.15) is 16.3 Å². The first-order chi connectivity index (χ1) is 7.15. The Kier molecular flexibility index (Phi) is 4.48. The molecular formula is C12H19FOSi. The average molecular weight is 226 g/mol. The minimum Gasteiger partial charge on any atom is -0.422 e. The zero-order chi connectivity index (χ0) is 11.3. The Morgan fingerprint density at radius 2 is 2.00 bits per heavy atom. The van der Waals surface area contributed by atoms with E-state index in [-0.39, 0.29) is 11.4 Å². The third-order valence-corrected chi connectivity index (χ3v) is 4.00. The molecule has 0 amide bonds. The zero-order valence-electron chi connectivity index (χ0n) is 9.72. The summed E-state index contributed by atoms with van der Waals surface area (Å²) >= 11 is 0. The van der Waals surface area contributed by atoms with Gasteiger partial charge in [-0.25, -0.2) is 4.39 Å². The van der Waals surface area contributed by atoms with Gasteiger partial charge < -0.3 is 4.43 Å². The van der Waals surface area contributed by atoms with E-state index in [1.807, 2.05) is 6.07 Å². The highest BCUT2D eigenvalue weighted by molar-refractivity contribution is 5.98. The molecule has 15 heavy (non-hydrogen) atoms. The van der Waals surface area contributed by atoms with Gasteiger partial charge in [0.2, 0.25) is 0 Å². The van der Waals surface area contributed by atoms with Crippen LogP contribution in [0.2, 0.25) is 0 Å². The molecule has 0 aliphatic rings. The highest BCUT2D eigenvalue weighted by Gasteiger charge is 2.24. The number of rotatable bonds is 5. The number of benzene rings is 1. The van der Waals surface area contributed by atoms with Crippen LogP contribution in [0, 0.1) is 5.82 Å². The Bertz CT molecular complexity index is 302. The van der Waals surface area contributed by atoms with Crippen LogP contribution < -0.4 is 0 Å². The average Bonchev–Trinajstić information content (AvgIpc) is 2.26. The van der Waals surface area contributed by atoms with Gasteiger partial charge in [-0.2, -0.15) is 0 Å². The molecule has 1 rings (SSSR count). The Labute approximate surface area is 94.2 Å². The summed E-state index contributed by atoms with van der Waals surface area (Å²) in [6, 6.07) is 6.79. The molecule has 1 nitrogen and oxygen atoms in total. The monoisotopic (exact) mass is 226 g/mol. The molecule has 0 unspecified atom stereocenters. The van der Waals surface area contributed by atoms with E-state index in [2.05, 4.69) is 13.8 Å². The van der Waals surface area contributed by atoms with Crippen molar-refractivity contribution in [3.63, 3.8) is 0 Å². The van der Waals surface area contributed by atoms with Gasteiger partial charge in [0.15, 0.2) is 0 Å². The van der Waals surface area contributed by atoms with Crippen LogP contribution in [0.4, 0.5) is 4.39 Å². The zero-order valence-corrected chi connectivity index (χ0v) is 11.7. The molecule has 0 bridgehead atoms. The van der Waals surface area contributed by atoms with Gasteiger partial charge in [-0.1, -0.05) is 26.0 Å². The maximum absolute atomic E-state index is 13.0. The van der Waals surface area contributed by atoms with E-state index < -0.39 is 0 Å². The summed E-state index contributed by atoms with van der Waals surface area (Å²) in [6.45, 7) is 4.25. The van der Waals surface area contributed by atoms with E-state index in [9.17, 15) is 4.39 Å². The van der Waals surface area contributed by atoms with Crippen molar-refractivity contribution in [3.05, 3.63) is 35.6 Å². The van der Waals surface area contributed by atoms with Gasteiger partial charge in [0.25, 0.3) is 0 Å². The van der Waals surface area contributed by atoms with Crippen molar-refractivity contribution < 1.29 is 8.82 Å². The van der Waals surface area contributed by atoms with Gasteiger partial charge in [-0.3, -0.25) is 0 Å². The molecule has 3 heteroatoms. The molecule has 0 spiro atoms. The van der Waals surface area contributed by atoms with E-state index >= 15 is 0 Å². The minimum atomic E-state index is -0.165. The molecule has 0 aromatic heterocycles. The third kappa shape index (κ3) is 3.14. The topological polar surface area (TPSA) is 9.23 Å². The van der Waals surface area contributed by atoms with Gasteiger partial charge in [-0.05, 0) is 30.5 Å². The van der Waals surface area contributed by atoms with Crippen LogP contribution in [-0.2, 0) is 10.8 Å². The summed E-state index contributed by atoms with van der Waals surface area (Å²) in [5.41, 5.74) is 0.939. The van der Waals surface area contributed by atoms with Crippen molar-refractivity contribution in [2.75, 3.05) is 0 Å². The predicted molar refractivity (Wildman–Crippen MR) is 64.4 cm³/mol. The maximum atomic E-state index is 13.0. The highest BCUT2D eigenvalue weighted by Crippen LogP contribution is 2.24. The molecular weight excluding hydrogens is 207 g/mol. The summed E-state index contributed by atoms with van der Waals surface area (Å²) < 4.78 is 18.7. The van der Waals surface area contributed by atoms with Crippen molar-refractivity contribution in [3.8, 4) is 0 Å². The fourth-order valence-electron chi connectivity index (χ4n) is 1.88. The van der Waals surface area contributed by atoms with Gasteiger partial charge in [0, 0.05) is 6.42 Å². The number of halogens is 1. The summed E-state index contributed by atoms with van der Waals surface area (Å²) in [4.78, 5) is 0. The Balaban J connectivity index is 2.82. The molecule has 0 saturated heterocycles. The lowest BCUT2D eigenvalue weighted by atomic mass is 9.89. The van der Waals surface area contributed by atoms with Crippen LogP contribution in [-0.4, -0.2) is 16.1 Å². The van der Waals surface area contributed by atoms with Crippen molar-refractivity contribution in [2.45, 2.75) is 38.7 Å². The molecule has 1 aromatic rings. The summed E-state index contributed by atoms with van der Waals surface area (Å²) in [6.07, 6.45) is 2.76. The Morgan fingerprint density at radius 3 is 2.47 bits per heavy atom. The van der Waals surface area contributed by atoms with E-state index in [0.717, 1.165) is 35.3 Å². The second kappa shape index (κ2) is 5.42. The molecule has 0 N–H and O–H groups in total. The van der Waals surface area contributed by atoms with E-state index in [1.54, 1.807) is 12.1 Å². The first kappa shape index (κ1) is 12.4. The fraction of sp³-hybridized carbons (Fsp3) is 0.500. The molecule has 0 aliphatic carbocycles. The van der Waals surface area contributed by atoms with E-state index in [1.165, 1.54) is 6.07 Å². The first-order valence-corrected chi connectivity index (χ1v) is 6.27. The summed E-state index contributed by atoms with van der Waals surface area (Å²) in [5, 5.41) is 0. The summed E-state index contributed by atoms with van der Waals surface area (Å²) in [5.74, 6) is -0.165. The van der Waals surface area contributed by atoms with E-state index in [0.29, 0.717) is 0 Å². The first-order valence-electron chi connectivity index (χ1n) is 5.45. The maximum Gasteiger partial charge on any atom is 0.146 e. The molecule has 0 atom stereocenters. The molecule has 1 aromatic carbocycles. The normalized spacial score (nSPS) is 11.9. The summed E-state index contributed by atoms with van der Waals surface area (Å²) in [7, 11) is 0.731. The third-order valence-electron chi connectivity index (χ3n) is 3.14. The van der Waals surface area contributed by atoms with Crippen LogP contribution in [0.3, 0.4) is 0 Å². The lowest BCUT2D eigenvalue weighted by Gasteiger charge is -2.31. The Hall–Kier alpha value is -0.673. The van der Waals surface area contributed by atoms with E-state index in [4.69, 9.17) is 4.43 Å². The Morgan fingerprint density at radius 1 is 1.33 bits per heavy atom. The smallest absolute Gasteiger partial charge is 0.146 e. The van der Waals surface area contributed by atoms with Crippen LogP contribution in [0.5, 0.6) is 0 Å². The van der Waals surface area contributed by atoms with Crippen molar-refractivity contribution >= 4 is 10.5 Å². The molecule has 84 valence electrons. The molecule has 0 aliphatic heterocycles. The van der Waals surface area contributed by atoms with Gasteiger partial charge in [0.05, 0.1) is 5.60 Å². The van der Waals surface area contributed by atoms with Crippen LogP contribution in [0.1, 0.15) is 32.3 Å². The van der Waals surface area contributed by atoms with Gasteiger partial charge in [-0.15, -0.1) is 0 Å². The quantitative estimate of drug-likeness (QED) is 0.700. The van der Waals surface area contributed by atoms with Crippen LogP contribution in [0.15, 0.2) is 24.3 Å². The molecule has 0 fully saturated rings. The van der Waals surface area contributed by atoms with Gasteiger partial charge >= 0.3 is 0 Å². The lowest BCUT2D eigenvalue weighted by Crippen LogP contribution is -2.32. The van der Waals surface area contributed by atoms with Crippen molar-refractivity contribution in [2.24, 2.45) is 0 Å².